The van der Waals surface area contributed by atoms with Gasteiger partial charge in [-0.05, 0) is 41.8 Å². The van der Waals surface area contributed by atoms with Crippen molar-refractivity contribution < 1.29 is 0 Å². The molecule has 0 unspecified atom stereocenters. The van der Waals surface area contributed by atoms with Crippen LogP contribution in [0.5, 0.6) is 0 Å². The highest BCUT2D eigenvalue weighted by Gasteiger charge is 2.22. The summed E-state index contributed by atoms with van der Waals surface area (Å²) in [5.41, 5.74) is 10.7. The first-order chi connectivity index (χ1) is 9.19. The average molecular weight is 250 g/mol. The fourth-order valence-electron chi connectivity index (χ4n) is 2.49. The molecule has 3 rings (SSSR count). The van der Waals surface area contributed by atoms with Crippen LogP contribution in [0.4, 0.5) is 11.5 Å². The SMILES string of the molecule is Cc1ccnc(N2Cc3ccc(N)cc3C2)c1C#N. The second-order valence-electron chi connectivity index (χ2n) is 4.82. The van der Waals surface area contributed by atoms with E-state index < -0.39 is 0 Å². The van der Waals surface area contributed by atoms with Gasteiger partial charge in [0.15, 0.2) is 0 Å². The second-order valence-corrected chi connectivity index (χ2v) is 4.82. The quantitative estimate of drug-likeness (QED) is 0.789. The van der Waals surface area contributed by atoms with Gasteiger partial charge in [0.1, 0.15) is 11.9 Å². The van der Waals surface area contributed by atoms with Crippen molar-refractivity contribution >= 4 is 11.5 Å². The number of rotatable bonds is 1. The van der Waals surface area contributed by atoms with Crippen LogP contribution in [0, 0.1) is 18.3 Å². The Morgan fingerprint density at radius 3 is 2.84 bits per heavy atom. The predicted octanol–water partition coefficient (Wildman–Crippen LogP) is 2.36. The zero-order valence-electron chi connectivity index (χ0n) is 10.7. The molecule has 1 aliphatic rings. The van der Waals surface area contributed by atoms with Crippen molar-refractivity contribution in [3.8, 4) is 6.07 Å². The smallest absolute Gasteiger partial charge is 0.147 e. The monoisotopic (exact) mass is 250 g/mol. The van der Waals surface area contributed by atoms with Gasteiger partial charge in [0.25, 0.3) is 0 Å². The van der Waals surface area contributed by atoms with Crippen LogP contribution in [0.3, 0.4) is 0 Å². The third-order valence-electron chi connectivity index (χ3n) is 3.50. The van der Waals surface area contributed by atoms with Crippen molar-refractivity contribution in [3.05, 3.63) is 52.7 Å². The minimum atomic E-state index is 0.656. The van der Waals surface area contributed by atoms with Crippen molar-refractivity contribution in [1.82, 2.24) is 4.98 Å². The van der Waals surface area contributed by atoms with E-state index in [1.807, 2.05) is 31.2 Å². The fraction of sp³-hybridized carbons (Fsp3) is 0.200. The molecule has 2 N–H and O–H groups in total. The lowest BCUT2D eigenvalue weighted by atomic mass is 10.1. The second kappa shape index (κ2) is 4.29. The number of anilines is 2. The number of nitrogens with zero attached hydrogens (tertiary/aromatic N) is 3. The van der Waals surface area contributed by atoms with Gasteiger partial charge in [-0.2, -0.15) is 5.26 Å². The Labute approximate surface area is 112 Å². The summed E-state index contributed by atoms with van der Waals surface area (Å²) in [7, 11) is 0. The minimum absolute atomic E-state index is 0.656. The standard InChI is InChI=1S/C15H14N4/c1-10-4-5-18-15(14(10)7-16)19-8-11-2-3-13(17)6-12(11)9-19/h2-6H,8-9,17H2,1H3. The molecule has 94 valence electrons. The van der Waals surface area contributed by atoms with Crippen LogP contribution in [-0.2, 0) is 13.1 Å². The number of benzene rings is 1. The number of nitrogens with two attached hydrogens (primary N) is 1. The molecule has 1 aliphatic heterocycles. The predicted molar refractivity (Wildman–Crippen MR) is 74.4 cm³/mol. The van der Waals surface area contributed by atoms with Gasteiger partial charge in [-0.3, -0.25) is 0 Å². The van der Waals surface area contributed by atoms with Gasteiger partial charge in [0, 0.05) is 25.0 Å². The summed E-state index contributed by atoms with van der Waals surface area (Å²) in [6.45, 7) is 3.47. The number of pyridine rings is 1. The molecule has 0 radical (unpaired) electrons. The van der Waals surface area contributed by atoms with Gasteiger partial charge in [-0.15, -0.1) is 0 Å². The van der Waals surface area contributed by atoms with Crippen LogP contribution in [-0.4, -0.2) is 4.98 Å². The molecule has 1 aromatic carbocycles. The average Bonchev–Trinajstić information content (AvgIpc) is 2.81. The van der Waals surface area contributed by atoms with Crippen LogP contribution in [0.2, 0.25) is 0 Å². The Morgan fingerprint density at radius 1 is 1.26 bits per heavy atom. The number of nitriles is 1. The van der Waals surface area contributed by atoms with Crippen molar-refractivity contribution in [2.24, 2.45) is 0 Å². The largest absolute Gasteiger partial charge is 0.399 e. The number of hydrogen-bond donors (Lipinski definition) is 1. The molecular formula is C15H14N4. The number of fused-ring (bicyclic) bond motifs is 1. The third kappa shape index (κ3) is 1.89. The summed E-state index contributed by atoms with van der Waals surface area (Å²) in [5.74, 6) is 0.761. The first-order valence-electron chi connectivity index (χ1n) is 6.17. The summed E-state index contributed by atoms with van der Waals surface area (Å²) in [4.78, 5) is 6.49. The van der Waals surface area contributed by atoms with Gasteiger partial charge in [0.2, 0.25) is 0 Å². The van der Waals surface area contributed by atoms with Crippen LogP contribution >= 0.6 is 0 Å². The van der Waals surface area contributed by atoms with Crippen LogP contribution in [0.1, 0.15) is 22.3 Å². The van der Waals surface area contributed by atoms with E-state index in [1.165, 1.54) is 11.1 Å². The molecule has 0 aliphatic carbocycles. The number of aromatic nitrogens is 1. The van der Waals surface area contributed by atoms with E-state index in [0.29, 0.717) is 5.56 Å². The summed E-state index contributed by atoms with van der Waals surface area (Å²) in [6, 6.07) is 10.1. The number of aryl methyl sites for hydroxylation is 1. The van der Waals surface area contributed by atoms with E-state index in [2.05, 4.69) is 16.0 Å². The van der Waals surface area contributed by atoms with Crippen LogP contribution in [0.25, 0.3) is 0 Å². The molecule has 19 heavy (non-hydrogen) atoms. The maximum absolute atomic E-state index is 9.28. The van der Waals surface area contributed by atoms with E-state index in [9.17, 15) is 5.26 Å². The Kier molecular flexibility index (Phi) is 2.60. The van der Waals surface area contributed by atoms with E-state index in [1.54, 1.807) is 6.20 Å². The van der Waals surface area contributed by atoms with Gasteiger partial charge >= 0.3 is 0 Å². The van der Waals surface area contributed by atoms with Gasteiger partial charge < -0.3 is 10.6 Å². The minimum Gasteiger partial charge on any atom is -0.399 e. The molecule has 4 heteroatoms. The topological polar surface area (TPSA) is 65.9 Å². The Morgan fingerprint density at radius 2 is 2.05 bits per heavy atom. The fourth-order valence-corrected chi connectivity index (χ4v) is 2.49. The summed E-state index contributed by atoms with van der Waals surface area (Å²) in [6.07, 6.45) is 1.75. The molecule has 0 saturated carbocycles. The lowest BCUT2D eigenvalue weighted by Gasteiger charge is -2.18. The van der Waals surface area contributed by atoms with Gasteiger partial charge in [0.05, 0.1) is 5.56 Å². The lowest BCUT2D eigenvalue weighted by Crippen LogP contribution is -2.17. The molecule has 0 bridgehead atoms. The maximum atomic E-state index is 9.28. The Bertz CT molecular complexity index is 685. The third-order valence-corrected chi connectivity index (χ3v) is 3.50. The summed E-state index contributed by atoms with van der Waals surface area (Å²) in [5, 5.41) is 9.28. The summed E-state index contributed by atoms with van der Waals surface area (Å²) >= 11 is 0. The number of nitrogen functional groups attached to an aromatic ring is 1. The zero-order chi connectivity index (χ0) is 13.4. The molecular weight excluding hydrogens is 236 g/mol. The molecule has 2 aromatic rings. The molecule has 2 heterocycles. The summed E-state index contributed by atoms with van der Waals surface area (Å²) < 4.78 is 0. The van der Waals surface area contributed by atoms with Crippen molar-refractivity contribution in [3.63, 3.8) is 0 Å². The molecule has 0 saturated heterocycles. The van der Waals surface area contributed by atoms with Crippen molar-refractivity contribution in [1.29, 1.82) is 5.26 Å². The molecule has 0 amide bonds. The van der Waals surface area contributed by atoms with Gasteiger partial charge in [-0.25, -0.2) is 4.98 Å². The van der Waals surface area contributed by atoms with E-state index in [4.69, 9.17) is 5.73 Å². The zero-order valence-corrected chi connectivity index (χ0v) is 10.7. The van der Waals surface area contributed by atoms with Crippen molar-refractivity contribution in [2.45, 2.75) is 20.0 Å². The lowest BCUT2D eigenvalue weighted by molar-refractivity contribution is 0.852. The molecule has 1 aromatic heterocycles. The van der Waals surface area contributed by atoms with Crippen LogP contribution < -0.4 is 10.6 Å². The first-order valence-corrected chi connectivity index (χ1v) is 6.17. The normalized spacial score (nSPS) is 13.2. The highest BCUT2D eigenvalue weighted by atomic mass is 15.2. The highest BCUT2D eigenvalue weighted by molar-refractivity contribution is 5.60. The van der Waals surface area contributed by atoms with E-state index in [-0.39, 0.29) is 0 Å². The van der Waals surface area contributed by atoms with Gasteiger partial charge in [-0.1, -0.05) is 6.07 Å². The molecule has 0 atom stereocenters. The Hall–Kier alpha value is -2.54. The molecule has 0 fully saturated rings. The van der Waals surface area contributed by atoms with Crippen molar-refractivity contribution in [2.75, 3.05) is 10.6 Å². The Balaban J connectivity index is 2.00. The molecule has 4 nitrogen and oxygen atoms in total. The van der Waals surface area contributed by atoms with E-state index in [0.717, 1.165) is 30.2 Å². The molecule has 0 spiro atoms. The highest BCUT2D eigenvalue weighted by Crippen LogP contribution is 2.30. The first kappa shape index (κ1) is 11.5. The maximum Gasteiger partial charge on any atom is 0.147 e. The van der Waals surface area contributed by atoms with E-state index >= 15 is 0 Å². The number of hydrogen-bond acceptors (Lipinski definition) is 4. The van der Waals surface area contributed by atoms with Crippen LogP contribution in [0.15, 0.2) is 30.5 Å².